The SMILES string of the molecule is CC(N)C(=O)N(Cc1ccc(Br)nc1)C1CC1. The molecular formula is C12H16BrN3O. The van der Waals surface area contributed by atoms with Gasteiger partial charge in [0.15, 0.2) is 0 Å². The van der Waals surface area contributed by atoms with Gasteiger partial charge in [0, 0.05) is 18.8 Å². The van der Waals surface area contributed by atoms with Gasteiger partial charge in [-0.15, -0.1) is 0 Å². The summed E-state index contributed by atoms with van der Waals surface area (Å²) in [6.45, 7) is 2.34. The van der Waals surface area contributed by atoms with Gasteiger partial charge in [-0.1, -0.05) is 6.07 Å². The van der Waals surface area contributed by atoms with Gasteiger partial charge in [-0.25, -0.2) is 4.98 Å². The molecule has 0 spiro atoms. The van der Waals surface area contributed by atoms with E-state index in [1.54, 1.807) is 13.1 Å². The Bertz CT molecular complexity index is 401. The first-order valence-electron chi connectivity index (χ1n) is 5.74. The van der Waals surface area contributed by atoms with Crippen LogP contribution in [0.15, 0.2) is 22.9 Å². The van der Waals surface area contributed by atoms with E-state index < -0.39 is 6.04 Å². The highest BCUT2D eigenvalue weighted by molar-refractivity contribution is 9.10. The number of halogens is 1. The van der Waals surface area contributed by atoms with E-state index >= 15 is 0 Å². The largest absolute Gasteiger partial charge is 0.334 e. The molecule has 17 heavy (non-hydrogen) atoms. The van der Waals surface area contributed by atoms with Crippen LogP contribution in [0.4, 0.5) is 0 Å². The van der Waals surface area contributed by atoms with Crippen molar-refractivity contribution in [3.8, 4) is 0 Å². The number of amides is 1. The summed E-state index contributed by atoms with van der Waals surface area (Å²) in [6.07, 6.45) is 3.96. The van der Waals surface area contributed by atoms with E-state index in [-0.39, 0.29) is 5.91 Å². The maximum absolute atomic E-state index is 12.0. The summed E-state index contributed by atoms with van der Waals surface area (Å²) in [4.78, 5) is 18.0. The highest BCUT2D eigenvalue weighted by Gasteiger charge is 2.33. The lowest BCUT2D eigenvalue weighted by molar-refractivity contribution is -0.133. The smallest absolute Gasteiger partial charge is 0.239 e. The second-order valence-corrected chi connectivity index (χ2v) is 5.29. The molecule has 0 radical (unpaired) electrons. The van der Waals surface area contributed by atoms with Crippen LogP contribution < -0.4 is 5.73 Å². The van der Waals surface area contributed by atoms with Gasteiger partial charge in [-0.05, 0) is 47.3 Å². The van der Waals surface area contributed by atoms with Gasteiger partial charge in [0.2, 0.25) is 5.91 Å². The summed E-state index contributed by atoms with van der Waals surface area (Å²) in [5.41, 5.74) is 6.70. The second kappa shape index (κ2) is 5.14. The molecule has 2 rings (SSSR count). The summed E-state index contributed by atoms with van der Waals surface area (Å²) in [6, 6.07) is 3.80. The molecule has 1 aromatic heterocycles. The minimum Gasteiger partial charge on any atom is -0.334 e. The summed E-state index contributed by atoms with van der Waals surface area (Å²) >= 11 is 3.29. The normalized spacial score (nSPS) is 16.6. The fourth-order valence-electron chi connectivity index (χ4n) is 1.73. The average molecular weight is 298 g/mol. The lowest BCUT2D eigenvalue weighted by Crippen LogP contribution is -2.42. The van der Waals surface area contributed by atoms with Crippen molar-refractivity contribution in [2.24, 2.45) is 5.73 Å². The van der Waals surface area contributed by atoms with Crippen LogP contribution >= 0.6 is 15.9 Å². The zero-order valence-electron chi connectivity index (χ0n) is 9.77. The molecule has 1 unspecified atom stereocenters. The Morgan fingerprint density at radius 2 is 2.35 bits per heavy atom. The summed E-state index contributed by atoms with van der Waals surface area (Å²) in [5.74, 6) is 0.0235. The van der Waals surface area contributed by atoms with Crippen LogP contribution in [-0.4, -0.2) is 27.9 Å². The third-order valence-corrected chi connectivity index (χ3v) is 3.27. The van der Waals surface area contributed by atoms with E-state index in [1.165, 1.54) is 0 Å². The van der Waals surface area contributed by atoms with Crippen molar-refractivity contribution in [3.05, 3.63) is 28.5 Å². The van der Waals surface area contributed by atoms with Gasteiger partial charge in [0.25, 0.3) is 0 Å². The molecule has 1 atom stereocenters. The number of nitrogens with two attached hydrogens (primary N) is 1. The van der Waals surface area contributed by atoms with E-state index in [2.05, 4.69) is 20.9 Å². The van der Waals surface area contributed by atoms with Crippen LogP contribution in [0.5, 0.6) is 0 Å². The molecule has 92 valence electrons. The van der Waals surface area contributed by atoms with Crippen molar-refractivity contribution < 1.29 is 4.79 Å². The highest BCUT2D eigenvalue weighted by atomic mass is 79.9. The van der Waals surface area contributed by atoms with E-state index in [1.807, 2.05) is 17.0 Å². The maximum Gasteiger partial charge on any atom is 0.239 e. The first-order chi connectivity index (χ1) is 8.08. The van der Waals surface area contributed by atoms with Crippen LogP contribution in [0.25, 0.3) is 0 Å². The van der Waals surface area contributed by atoms with Crippen molar-refractivity contribution in [2.75, 3.05) is 0 Å². The lowest BCUT2D eigenvalue weighted by Gasteiger charge is -2.24. The number of hydrogen-bond acceptors (Lipinski definition) is 3. The molecule has 1 aliphatic carbocycles. The molecule has 0 aromatic carbocycles. The third kappa shape index (κ3) is 3.26. The lowest BCUT2D eigenvalue weighted by atomic mass is 10.2. The summed E-state index contributed by atoms with van der Waals surface area (Å²) in [7, 11) is 0. The number of hydrogen-bond donors (Lipinski definition) is 1. The van der Waals surface area contributed by atoms with Crippen molar-refractivity contribution in [2.45, 2.75) is 38.4 Å². The van der Waals surface area contributed by atoms with E-state index in [9.17, 15) is 4.79 Å². The van der Waals surface area contributed by atoms with Crippen molar-refractivity contribution in [1.29, 1.82) is 0 Å². The third-order valence-electron chi connectivity index (χ3n) is 2.80. The molecule has 1 saturated carbocycles. The average Bonchev–Trinajstić information content (AvgIpc) is 3.11. The highest BCUT2D eigenvalue weighted by Crippen LogP contribution is 2.28. The molecule has 1 aliphatic rings. The van der Waals surface area contributed by atoms with Gasteiger partial charge >= 0.3 is 0 Å². The van der Waals surface area contributed by atoms with Gasteiger partial charge in [0.1, 0.15) is 4.60 Å². The first kappa shape index (κ1) is 12.5. The number of pyridine rings is 1. The molecule has 1 aromatic rings. The molecule has 1 fully saturated rings. The Kier molecular flexibility index (Phi) is 3.79. The van der Waals surface area contributed by atoms with Gasteiger partial charge in [0.05, 0.1) is 6.04 Å². The Balaban J connectivity index is 2.07. The van der Waals surface area contributed by atoms with Crippen LogP contribution in [0.1, 0.15) is 25.3 Å². The molecule has 5 heteroatoms. The molecule has 0 saturated heterocycles. The molecule has 4 nitrogen and oxygen atoms in total. The standard InChI is InChI=1S/C12H16BrN3O/c1-8(14)12(17)16(10-3-4-10)7-9-2-5-11(13)15-6-9/h2,5-6,8,10H,3-4,7,14H2,1H3. The van der Waals surface area contributed by atoms with E-state index in [0.29, 0.717) is 12.6 Å². The van der Waals surface area contributed by atoms with Gasteiger partial charge in [-0.3, -0.25) is 4.79 Å². The minimum atomic E-state index is -0.431. The van der Waals surface area contributed by atoms with Crippen LogP contribution in [0.2, 0.25) is 0 Å². The summed E-state index contributed by atoms with van der Waals surface area (Å²) < 4.78 is 0.803. The van der Waals surface area contributed by atoms with Crippen molar-refractivity contribution >= 4 is 21.8 Å². The van der Waals surface area contributed by atoms with Crippen LogP contribution in [-0.2, 0) is 11.3 Å². The molecule has 0 aliphatic heterocycles. The van der Waals surface area contributed by atoms with Crippen LogP contribution in [0, 0.1) is 0 Å². The molecule has 2 N–H and O–H groups in total. The molecule has 0 bridgehead atoms. The fraction of sp³-hybridized carbons (Fsp3) is 0.500. The minimum absolute atomic E-state index is 0.0235. The maximum atomic E-state index is 12.0. The Hall–Kier alpha value is -0.940. The Labute approximate surface area is 109 Å². The quantitative estimate of drug-likeness (QED) is 0.860. The fourth-order valence-corrected chi connectivity index (χ4v) is 1.97. The number of rotatable bonds is 4. The topological polar surface area (TPSA) is 59.2 Å². The number of carbonyl (C=O) groups excluding carboxylic acids is 1. The monoisotopic (exact) mass is 297 g/mol. The number of carbonyl (C=O) groups is 1. The van der Waals surface area contributed by atoms with E-state index in [4.69, 9.17) is 5.73 Å². The second-order valence-electron chi connectivity index (χ2n) is 4.48. The number of aromatic nitrogens is 1. The van der Waals surface area contributed by atoms with Gasteiger partial charge < -0.3 is 10.6 Å². The van der Waals surface area contributed by atoms with Crippen molar-refractivity contribution in [3.63, 3.8) is 0 Å². The molecular weight excluding hydrogens is 282 g/mol. The molecule has 1 amide bonds. The molecule has 1 heterocycles. The zero-order valence-corrected chi connectivity index (χ0v) is 11.4. The van der Waals surface area contributed by atoms with Gasteiger partial charge in [-0.2, -0.15) is 0 Å². The van der Waals surface area contributed by atoms with Crippen molar-refractivity contribution in [1.82, 2.24) is 9.88 Å². The Morgan fingerprint density at radius 1 is 1.65 bits per heavy atom. The Morgan fingerprint density at radius 3 is 2.82 bits per heavy atom. The van der Waals surface area contributed by atoms with E-state index in [0.717, 1.165) is 23.0 Å². The first-order valence-corrected chi connectivity index (χ1v) is 6.53. The predicted octanol–water partition coefficient (Wildman–Crippen LogP) is 1.68. The number of nitrogens with zero attached hydrogens (tertiary/aromatic N) is 2. The van der Waals surface area contributed by atoms with Crippen LogP contribution in [0.3, 0.4) is 0 Å². The predicted molar refractivity (Wildman–Crippen MR) is 69.2 cm³/mol. The zero-order chi connectivity index (χ0) is 12.4. The summed E-state index contributed by atoms with van der Waals surface area (Å²) in [5, 5.41) is 0.